The van der Waals surface area contributed by atoms with Gasteiger partial charge in [0.25, 0.3) is 5.91 Å². The zero-order valence-electron chi connectivity index (χ0n) is 18.7. The van der Waals surface area contributed by atoms with Crippen molar-refractivity contribution in [2.75, 3.05) is 13.2 Å². The third-order valence-corrected chi connectivity index (χ3v) is 5.76. The quantitative estimate of drug-likeness (QED) is 0.409. The summed E-state index contributed by atoms with van der Waals surface area (Å²) in [4.78, 5) is 31.6. The van der Waals surface area contributed by atoms with E-state index in [9.17, 15) is 9.59 Å². The van der Waals surface area contributed by atoms with Crippen molar-refractivity contribution in [3.8, 4) is 11.3 Å². The average molecular weight is 457 g/mol. The Hall–Kier alpha value is -4.27. The van der Waals surface area contributed by atoms with Gasteiger partial charge in [0.15, 0.2) is 17.1 Å². The summed E-state index contributed by atoms with van der Waals surface area (Å²) in [6.07, 6.45) is 4.00. The monoisotopic (exact) mass is 457 g/mol. The molecule has 0 spiro atoms. The number of aromatic nitrogens is 4. The summed E-state index contributed by atoms with van der Waals surface area (Å²) in [6.45, 7) is 3.22. The molecule has 9 nitrogen and oxygen atoms in total. The molecule has 1 aliphatic heterocycles. The number of carbonyl (C=O) groups excluding carboxylic acids is 2. The van der Waals surface area contributed by atoms with Crippen LogP contribution in [0, 0.1) is 0 Å². The van der Waals surface area contributed by atoms with E-state index in [1.165, 1.54) is 0 Å². The molecule has 1 aromatic carbocycles. The first-order chi connectivity index (χ1) is 16.6. The minimum Gasteiger partial charge on any atom is -0.461 e. The van der Waals surface area contributed by atoms with E-state index >= 15 is 0 Å². The normalized spacial score (nSPS) is 12.9. The molecule has 9 heteroatoms. The lowest BCUT2D eigenvalue weighted by atomic mass is 10.0. The number of hydrogen-bond acceptors (Lipinski definition) is 7. The predicted molar refractivity (Wildman–Crippen MR) is 122 cm³/mol. The molecule has 4 heterocycles. The van der Waals surface area contributed by atoms with Crippen LogP contribution in [0.3, 0.4) is 0 Å². The minimum atomic E-state index is -0.491. The summed E-state index contributed by atoms with van der Waals surface area (Å²) < 4.78 is 12.5. The van der Waals surface area contributed by atoms with Crippen LogP contribution >= 0.6 is 0 Å². The zero-order chi connectivity index (χ0) is 23.5. The second kappa shape index (κ2) is 9.30. The van der Waals surface area contributed by atoms with Crippen molar-refractivity contribution in [1.82, 2.24) is 24.8 Å². The van der Waals surface area contributed by atoms with Gasteiger partial charge in [0.05, 0.1) is 19.7 Å². The van der Waals surface area contributed by atoms with Crippen molar-refractivity contribution in [2.45, 2.75) is 26.4 Å². The Morgan fingerprint density at radius 3 is 2.68 bits per heavy atom. The summed E-state index contributed by atoms with van der Waals surface area (Å²) in [7, 11) is 0. The van der Waals surface area contributed by atoms with E-state index in [1.807, 2.05) is 47.1 Å². The molecule has 0 unspecified atom stereocenters. The highest BCUT2D eigenvalue weighted by molar-refractivity contribution is 5.94. The first-order valence-corrected chi connectivity index (χ1v) is 11.1. The number of esters is 1. The fraction of sp³-hybridized carbons (Fsp3) is 0.240. The minimum absolute atomic E-state index is 0.226. The van der Waals surface area contributed by atoms with Crippen LogP contribution in [0.4, 0.5) is 0 Å². The van der Waals surface area contributed by atoms with Crippen LogP contribution in [0.25, 0.3) is 11.3 Å². The number of fused-ring (bicyclic) bond motifs is 1. The molecule has 0 N–H and O–H groups in total. The summed E-state index contributed by atoms with van der Waals surface area (Å²) in [6, 6.07) is 14.9. The molecule has 34 heavy (non-hydrogen) atoms. The number of hydrogen-bond donors (Lipinski definition) is 0. The van der Waals surface area contributed by atoms with Crippen LogP contribution in [-0.4, -0.2) is 49.8 Å². The molecule has 3 aromatic heterocycles. The van der Waals surface area contributed by atoms with E-state index in [2.05, 4.69) is 15.2 Å². The van der Waals surface area contributed by atoms with Gasteiger partial charge in [0.1, 0.15) is 0 Å². The maximum atomic E-state index is 13.2. The lowest BCUT2D eigenvalue weighted by Crippen LogP contribution is -2.37. The number of ether oxygens (including phenoxy) is 1. The Morgan fingerprint density at radius 2 is 1.91 bits per heavy atom. The lowest BCUT2D eigenvalue weighted by molar-refractivity contribution is 0.0513. The van der Waals surface area contributed by atoms with Gasteiger partial charge in [-0.3, -0.25) is 14.5 Å². The largest absolute Gasteiger partial charge is 0.461 e. The van der Waals surface area contributed by atoms with E-state index in [1.54, 1.807) is 30.3 Å². The Balaban J connectivity index is 1.41. The summed E-state index contributed by atoms with van der Waals surface area (Å²) >= 11 is 0. The molecule has 0 saturated heterocycles. The fourth-order valence-electron chi connectivity index (χ4n) is 4.10. The maximum Gasteiger partial charge on any atom is 0.359 e. The molecule has 1 amide bonds. The molecule has 0 radical (unpaired) electrons. The molecular weight excluding hydrogens is 434 g/mol. The van der Waals surface area contributed by atoms with E-state index in [0.29, 0.717) is 30.8 Å². The van der Waals surface area contributed by atoms with E-state index < -0.39 is 5.97 Å². The number of rotatable bonds is 6. The Bertz CT molecular complexity index is 1310. The lowest BCUT2D eigenvalue weighted by Gasteiger charge is -2.27. The molecule has 0 bridgehead atoms. The van der Waals surface area contributed by atoms with E-state index in [0.717, 1.165) is 16.8 Å². The second-order valence-corrected chi connectivity index (χ2v) is 7.93. The molecule has 0 saturated carbocycles. The van der Waals surface area contributed by atoms with Crippen LogP contribution in [0.2, 0.25) is 0 Å². The third kappa shape index (κ3) is 4.19. The summed E-state index contributed by atoms with van der Waals surface area (Å²) in [5.74, 6) is -0.221. The fourth-order valence-corrected chi connectivity index (χ4v) is 4.10. The van der Waals surface area contributed by atoms with Crippen molar-refractivity contribution >= 4 is 11.9 Å². The molecule has 4 aromatic rings. The highest BCUT2D eigenvalue weighted by Gasteiger charge is 2.32. The highest BCUT2D eigenvalue weighted by atomic mass is 16.5. The predicted octanol–water partition coefficient (Wildman–Crippen LogP) is 3.36. The van der Waals surface area contributed by atoms with Crippen molar-refractivity contribution in [3.63, 3.8) is 0 Å². The topological polar surface area (TPSA) is 103 Å². The van der Waals surface area contributed by atoms with Gasteiger partial charge in [-0.05, 0) is 24.6 Å². The first-order valence-electron chi connectivity index (χ1n) is 11.1. The van der Waals surface area contributed by atoms with Crippen LogP contribution in [-0.2, 0) is 24.2 Å². The second-order valence-electron chi connectivity index (χ2n) is 7.93. The van der Waals surface area contributed by atoms with Crippen LogP contribution in [0.5, 0.6) is 0 Å². The van der Waals surface area contributed by atoms with Gasteiger partial charge in [0.2, 0.25) is 0 Å². The number of pyridine rings is 1. The van der Waals surface area contributed by atoms with Crippen molar-refractivity contribution in [1.29, 1.82) is 0 Å². The molecule has 0 fully saturated rings. The first kappa shape index (κ1) is 21.6. The Labute approximate surface area is 196 Å². The molecule has 5 rings (SSSR count). The number of benzene rings is 1. The number of nitrogens with zero attached hydrogens (tertiary/aromatic N) is 5. The van der Waals surface area contributed by atoms with Crippen molar-refractivity contribution < 1.29 is 18.8 Å². The molecule has 1 aliphatic rings. The van der Waals surface area contributed by atoms with Gasteiger partial charge in [-0.1, -0.05) is 35.5 Å². The van der Waals surface area contributed by atoms with E-state index in [-0.39, 0.29) is 30.4 Å². The van der Waals surface area contributed by atoms with Crippen molar-refractivity contribution in [3.05, 3.63) is 89.1 Å². The van der Waals surface area contributed by atoms with Gasteiger partial charge < -0.3 is 14.2 Å². The molecule has 0 atom stereocenters. The van der Waals surface area contributed by atoms with E-state index in [4.69, 9.17) is 9.26 Å². The zero-order valence-corrected chi connectivity index (χ0v) is 18.7. The van der Waals surface area contributed by atoms with Crippen LogP contribution in [0.1, 0.15) is 44.7 Å². The van der Waals surface area contributed by atoms with Crippen LogP contribution in [0.15, 0.2) is 65.4 Å². The smallest absolute Gasteiger partial charge is 0.359 e. The average Bonchev–Trinajstić information content (AvgIpc) is 3.50. The van der Waals surface area contributed by atoms with Crippen LogP contribution < -0.4 is 0 Å². The maximum absolute atomic E-state index is 13.2. The standard InChI is InChI=1S/C25H23N5O4/c1-2-33-25(32)23-19-16-29(13-10-21(19)30(27-23)15-17-8-11-26-12-9-17)24(31)20-14-22(34-28-20)18-6-4-3-5-7-18/h3-9,11-12,14H,2,10,13,15-16H2,1H3. The summed E-state index contributed by atoms with van der Waals surface area (Å²) in [5, 5.41) is 8.55. The van der Waals surface area contributed by atoms with Crippen molar-refractivity contribution in [2.24, 2.45) is 0 Å². The van der Waals surface area contributed by atoms with Gasteiger partial charge >= 0.3 is 5.97 Å². The summed E-state index contributed by atoms with van der Waals surface area (Å²) in [5.41, 5.74) is 3.97. The third-order valence-electron chi connectivity index (χ3n) is 5.76. The Kier molecular flexibility index (Phi) is 5.90. The molecular formula is C25H23N5O4. The number of amides is 1. The van der Waals surface area contributed by atoms with Gasteiger partial charge in [-0.25, -0.2) is 4.79 Å². The van der Waals surface area contributed by atoms with Gasteiger partial charge in [-0.2, -0.15) is 5.10 Å². The SMILES string of the molecule is CCOC(=O)c1nn(Cc2ccncc2)c2c1CN(C(=O)c1cc(-c3ccccc3)on1)CC2. The van der Waals surface area contributed by atoms with Gasteiger partial charge in [-0.15, -0.1) is 0 Å². The number of carbonyl (C=O) groups is 2. The highest BCUT2D eigenvalue weighted by Crippen LogP contribution is 2.26. The molecule has 172 valence electrons. The van der Waals surface area contributed by atoms with Gasteiger partial charge in [0, 0.05) is 48.2 Å². The Morgan fingerprint density at radius 1 is 1.12 bits per heavy atom. The molecule has 0 aliphatic carbocycles.